The van der Waals surface area contributed by atoms with Gasteiger partial charge < -0.3 is 10.6 Å². The largest absolute Gasteiger partial charge is 0.398 e. The molecule has 1 heterocycles. The van der Waals surface area contributed by atoms with E-state index in [2.05, 4.69) is 0 Å². The molecule has 5 nitrogen and oxygen atoms in total. The Morgan fingerprint density at radius 3 is 2.70 bits per heavy atom. The lowest BCUT2D eigenvalue weighted by atomic mass is 10.1. The first-order valence-electron chi connectivity index (χ1n) is 5.99. The molecule has 0 saturated carbocycles. The quantitative estimate of drug-likeness (QED) is 0.666. The number of anilines is 1. The van der Waals surface area contributed by atoms with Gasteiger partial charge in [-0.05, 0) is 12.1 Å². The van der Waals surface area contributed by atoms with E-state index in [-0.39, 0.29) is 36.7 Å². The topological polar surface area (TPSA) is 80.5 Å². The third-order valence-corrected chi connectivity index (χ3v) is 4.10. The lowest BCUT2D eigenvalue weighted by Gasteiger charge is -2.18. The van der Waals surface area contributed by atoms with Crippen molar-refractivity contribution < 1.29 is 21.5 Å². The summed E-state index contributed by atoms with van der Waals surface area (Å²) < 4.78 is 47.4. The van der Waals surface area contributed by atoms with Gasteiger partial charge in [0.15, 0.2) is 0 Å². The SMILES string of the molecule is Nc1cccc(F)c1CN1CC(CS(=O)(=O)F)CC1=O. The van der Waals surface area contributed by atoms with Crippen LogP contribution in [0.3, 0.4) is 0 Å². The van der Waals surface area contributed by atoms with Crippen LogP contribution in [0.25, 0.3) is 0 Å². The van der Waals surface area contributed by atoms with Crippen molar-refractivity contribution >= 4 is 21.8 Å². The van der Waals surface area contributed by atoms with Gasteiger partial charge in [-0.2, -0.15) is 8.42 Å². The minimum atomic E-state index is -4.62. The van der Waals surface area contributed by atoms with Crippen LogP contribution >= 0.6 is 0 Å². The Morgan fingerprint density at radius 2 is 2.10 bits per heavy atom. The van der Waals surface area contributed by atoms with Crippen molar-refractivity contribution in [3.05, 3.63) is 29.6 Å². The van der Waals surface area contributed by atoms with E-state index in [4.69, 9.17) is 5.73 Å². The summed E-state index contributed by atoms with van der Waals surface area (Å²) in [5, 5.41) is 0. The van der Waals surface area contributed by atoms with Gasteiger partial charge >= 0.3 is 10.2 Å². The number of hydrogen-bond donors (Lipinski definition) is 1. The average Bonchev–Trinajstić information content (AvgIpc) is 2.62. The Kier molecular flexibility index (Phi) is 3.94. The normalized spacial score (nSPS) is 19.6. The van der Waals surface area contributed by atoms with Crippen LogP contribution in [0.15, 0.2) is 18.2 Å². The highest BCUT2D eigenvalue weighted by Gasteiger charge is 2.33. The third kappa shape index (κ3) is 3.44. The number of likely N-dealkylation sites (tertiary alicyclic amines) is 1. The number of hydrogen-bond acceptors (Lipinski definition) is 4. The van der Waals surface area contributed by atoms with Gasteiger partial charge in [-0.25, -0.2) is 4.39 Å². The summed E-state index contributed by atoms with van der Waals surface area (Å²) in [7, 11) is -4.62. The van der Waals surface area contributed by atoms with E-state index in [1.165, 1.54) is 23.1 Å². The van der Waals surface area contributed by atoms with Gasteiger partial charge in [-0.1, -0.05) is 6.07 Å². The molecule has 2 rings (SSSR count). The molecule has 1 aliphatic rings. The monoisotopic (exact) mass is 304 g/mol. The standard InChI is InChI=1S/C12H14F2N2O3S/c13-10-2-1-3-11(15)9(10)6-16-5-8(4-12(16)17)7-20(14,18)19/h1-3,8H,4-7,15H2. The highest BCUT2D eigenvalue weighted by molar-refractivity contribution is 7.86. The summed E-state index contributed by atoms with van der Waals surface area (Å²) in [5.41, 5.74) is 6.05. The molecule has 0 radical (unpaired) electrons. The Hall–Kier alpha value is -1.70. The molecule has 1 amide bonds. The number of nitrogens with two attached hydrogens (primary N) is 1. The maximum atomic E-state index is 13.6. The first kappa shape index (κ1) is 14.7. The van der Waals surface area contributed by atoms with Crippen LogP contribution in [0.1, 0.15) is 12.0 Å². The fraction of sp³-hybridized carbons (Fsp3) is 0.417. The number of carbonyl (C=O) groups is 1. The molecular weight excluding hydrogens is 290 g/mol. The van der Waals surface area contributed by atoms with Crippen molar-refractivity contribution in [3.8, 4) is 0 Å². The van der Waals surface area contributed by atoms with Gasteiger partial charge in [0, 0.05) is 30.1 Å². The van der Waals surface area contributed by atoms with E-state index in [1.54, 1.807) is 0 Å². The van der Waals surface area contributed by atoms with Crippen molar-refractivity contribution in [1.29, 1.82) is 0 Å². The van der Waals surface area contributed by atoms with Crippen LogP contribution < -0.4 is 5.73 Å². The van der Waals surface area contributed by atoms with Crippen molar-refractivity contribution in [2.24, 2.45) is 5.92 Å². The zero-order valence-corrected chi connectivity index (χ0v) is 11.4. The van der Waals surface area contributed by atoms with Gasteiger partial charge in [0.1, 0.15) is 5.82 Å². The number of carbonyl (C=O) groups excluding carboxylic acids is 1. The number of rotatable bonds is 4. The highest BCUT2D eigenvalue weighted by atomic mass is 32.3. The van der Waals surface area contributed by atoms with Gasteiger partial charge in [0.25, 0.3) is 0 Å². The molecule has 110 valence electrons. The molecule has 1 unspecified atom stereocenters. The number of halogens is 2. The lowest BCUT2D eigenvalue weighted by Crippen LogP contribution is -2.26. The van der Waals surface area contributed by atoms with Crippen LogP contribution in [0.5, 0.6) is 0 Å². The zero-order chi connectivity index (χ0) is 14.9. The molecule has 2 N–H and O–H groups in total. The van der Waals surface area contributed by atoms with Crippen LogP contribution in [-0.4, -0.2) is 31.5 Å². The van der Waals surface area contributed by atoms with E-state index in [1.807, 2.05) is 0 Å². The van der Waals surface area contributed by atoms with E-state index in [9.17, 15) is 21.5 Å². The minimum absolute atomic E-state index is 0.0415. The second kappa shape index (κ2) is 5.35. The molecule has 1 saturated heterocycles. The molecule has 1 aliphatic heterocycles. The second-order valence-electron chi connectivity index (χ2n) is 4.86. The third-order valence-electron chi connectivity index (χ3n) is 3.23. The number of benzene rings is 1. The number of nitrogen functional groups attached to an aromatic ring is 1. The molecule has 1 fully saturated rings. The summed E-state index contributed by atoms with van der Waals surface area (Å²) in [5.74, 6) is -2.16. The van der Waals surface area contributed by atoms with E-state index >= 15 is 0 Å². The van der Waals surface area contributed by atoms with E-state index in [0.717, 1.165) is 0 Å². The predicted octanol–water partition coefficient (Wildman–Crippen LogP) is 1.06. The summed E-state index contributed by atoms with van der Waals surface area (Å²) in [6.45, 7) is 0.0376. The van der Waals surface area contributed by atoms with Gasteiger partial charge in [-0.15, -0.1) is 3.89 Å². The molecule has 1 aromatic carbocycles. The van der Waals surface area contributed by atoms with Crippen molar-refractivity contribution in [1.82, 2.24) is 4.90 Å². The molecule has 0 bridgehead atoms. The van der Waals surface area contributed by atoms with Crippen LogP contribution in [-0.2, 0) is 21.6 Å². The number of amides is 1. The number of nitrogens with zero attached hydrogens (tertiary/aromatic N) is 1. The van der Waals surface area contributed by atoms with Crippen LogP contribution in [0, 0.1) is 11.7 Å². The lowest BCUT2D eigenvalue weighted by molar-refractivity contribution is -0.128. The first-order chi connectivity index (χ1) is 9.26. The summed E-state index contributed by atoms with van der Waals surface area (Å²) in [6.07, 6.45) is -0.0580. The van der Waals surface area contributed by atoms with Gasteiger partial charge in [0.05, 0.1) is 12.3 Å². The van der Waals surface area contributed by atoms with Gasteiger partial charge in [0.2, 0.25) is 5.91 Å². The average molecular weight is 304 g/mol. The Bertz CT molecular complexity index is 613. The second-order valence-corrected chi connectivity index (χ2v) is 6.27. The molecule has 1 atom stereocenters. The van der Waals surface area contributed by atoms with Crippen molar-refractivity contribution in [2.45, 2.75) is 13.0 Å². The zero-order valence-electron chi connectivity index (χ0n) is 10.6. The van der Waals surface area contributed by atoms with Crippen molar-refractivity contribution in [3.63, 3.8) is 0 Å². The van der Waals surface area contributed by atoms with E-state index in [0.29, 0.717) is 0 Å². The van der Waals surface area contributed by atoms with Gasteiger partial charge in [-0.3, -0.25) is 4.79 Å². The Balaban J connectivity index is 2.10. The molecule has 1 aromatic rings. The summed E-state index contributed by atoms with van der Waals surface area (Å²) >= 11 is 0. The molecule has 0 spiro atoms. The molecule has 0 aliphatic carbocycles. The Morgan fingerprint density at radius 1 is 1.40 bits per heavy atom. The Labute approximate surface area is 115 Å². The molecular formula is C12H14F2N2O3S. The molecule has 0 aromatic heterocycles. The predicted molar refractivity (Wildman–Crippen MR) is 69.2 cm³/mol. The maximum Gasteiger partial charge on any atom is 0.302 e. The smallest absolute Gasteiger partial charge is 0.302 e. The fourth-order valence-corrected chi connectivity index (χ4v) is 3.12. The molecule has 8 heteroatoms. The highest BCUT2D eigenvalue weighted by Crippen LogP contribution is 2.25. The van der Waals surface area contributed by atoms with Crippen LogP contribution in [0.2, 0.25) is 0 Å². The van der Waals surface area contributed by atoms with E-state index < -0.39 is 27.7 Å². The fourth-order valence-electron chi connectivity index (χ4n) is 2.33. The maximum absolute atomic E-state index is 13.6. The summed E-state index contributed by atoms with van der Waals surface area (Å²) in [4.78, 5) is 13.0. The summed E-state index contributed by atoms with van der Waals surface area (Å²) in [6, 6.07) is 4.21. The minimum Gasteiger partial charge on any atom is -0.398 e. The first-order valence-corrected chi connectivity index (χ1v) is 7.54. The van der Waals surface area contributed by atoms with Crippen LogP contribution in [0.4, 0.5) is 14.0 Å². The molecule has 20 heavy (non-hydrogen) atoms. The van der Waals surface area contributed by atoms with Crippen molar-refractivity contribution in [2.75, 3.05) is 18.0 Å².